The zero-order valence-electron chi connectivity index (χ0n) is 8.66. The molecular formula is C12H11IN2O. The molecule has 0 bridgehead atoms. The van der Waals surface area contributed by atoms with Gasteiger partial charge in [-0.3, -0.25) is 4.79 Å². The van der Waals surface area contributed by atoms with E-state index < -0.39 is 5.54 Å². The average Bonchev–Trinajstić information content (AvgIpc) is 2.24. The maximum Gasteiger partial charge on any atom is 0.253 e. The van der Waals surface area contributed by atoms with E-state index in [-0.39, 0.29) is 5.91 Å². The van der Waals surface area contributed by atoms with Crippen LogP contribution in [-0.2, 0) is 0 Å². The van der Waals surface area contributed by atoms with E-state index in [1.165, 1.54) is 0 Å². The summed E-state index contributed by atoms with van der Waals surface area (Å²) in [6.07, 6.45) is 2.54. The molecular weight excluding hydrogens is 315 g/mol. The predicted octanol–water partition coefficient (Wildman–Crippen LogP) is 2.47. The van der Waals surface area contributed by atoms with Crippen LogP contribution in [0, 0.1) is 14.9 Å². The Kier molecular flexibility index (Phi) is 3.15. The number of nitrogens with one attached hydrogen (secondary N) is 1. The number of carbonyl (C=O) groups excluding carboxylic acids is 1. The largest absolute Gasteiger partial charge is 0.334 e. The first-order valence-corrected chi connectivity index (χ1v) is 6.23. The molecule has 0 heterocycles. The lowest BCUT2D eigenvalue weighted by molar-refractivity contribution is 0.0880. The normalized spacial score (nSPS) is 17.0. The van der Waals surface area contributed by atoms with E-state index in [4.69, 9.17) is 5.26 Å². The minimum atomic E-state index is -0.615. The highest BCUT2D eigenvalue weighted by Crippen LogP contribution is 2.31. The van der Waals surface area contributed by atoms with E-state index in [1.54, 1.807) is 6.07 Å². The number of carbonyl (C=O) groups is 1. The Morgan fingerprint density at radius 1 is 1.44 bits per heavy atom. The maximum atomic E-state index is 12.0. The molecule has 0 aromatic heterocycles. The quantitative estimate of drug-likeness (QED) is 0.849. The molecule has 1 aromatic rings. The number of amides is 1. The topological polar surface area (TPSA) is 52.9 Å². The van der Waals surface area contributed by atoms with Crippen LogP contribution in [0.15, 0.2) is 24.3 Å². The first-order chi connectivity index (χ1) is 7.67. The van der Waals surface area contributed by atoms with Crippen molar-refractivity contribution < 1.29 is 4.79 Å². The fraction of sp³-hybridized carbons (Fsp3) is 0.333. The minimum Gasteiger partial charge on any atom is -0.334 e. The summed E-state index contributed by atoms with van der Waals surface area (Å²) in [6.45, 7) is 0. The van der Waals surface area contributed by atoms with Crippen LogP contribution in [0.25, 0.3) is 0 Å². The molecule has 1 saturated carbocycles. The van der Waals surface area contributed by atoms with Crippen LogP contribution in [0.4, 0.5) is 0 Å². The Hall–Kier alpha value is -1.09. The van der Waals surface area contributed by atoms with Gasteiger partial charge in [-0.05, 0) is 54.0 Å². The number of rotatable bonds is 2. The lowest BCUT2D eigenvalue weighted by Gasteiger charge is -2.35. The van der Waals surface area contributed by atoms with Gasteiger partial charge in [-0.1, -0.05) is 12.1 Å². The second-order valence-corrected chi connectivity index (χ2v) is 5.14. The lowest BCUT2D eigenvalue weighted by Crippen LogP contribution is -2.52. The molecule has 0 radical (unpaired) electrons. The Bertz CT molecular complexity index is 460. The van der Waals surface area contributed by atoms with E-state index in [2.05, 4.69) is 34.0 Å². The smallest absolute Gasteiger partial charge is 0.253 e. The summed E-state index contributed by atoms with van der Waals surface area (Å²) in [5.74, 6) is -0.147. The third-order valence-corrected chi connectivity index (χ3v) is 3.83. The number of nitrogens with zero attached hydrogens (tertiary/aromatic N) is 1. The van der Waals surface area contributed by atoms with Gasteiger partial charge in [0, 0.05) is 3.57 Å². The van der Waals surface area contributed by atoms with Gasteiger partial charge in [-0.25, -0.2) is 0 Å². The molecule has 0 spiro atoms. The third-order valence-electron chi connectivity index (χ3n) is 2.89. The molecule has 0 atom stereocenters. The van der Waals surface area contributed by atoms with Crippen molar-refractivity contribution in [3.63, 3.8) is 0 Å². The fourth-order valence-corrected chi connectivity index (χ4v) is 2.36. The molecule has 0 unspecified atom stereocenters. The van der Waals surface area contributed by atoms with Crippen molar-refractivity contribution >= 4 is 28.5 Å². The van der Waals surface area contributed by atoms with Crippen molar-refractivity contribution in [3.05, 3.63) is 33.4 Å². The molecule has 4 heteroatoms. The first-order valence-electron chi connectivity index (χ1n) is 5.15. The van der Waals surface area contributed by atoms with Gasteiger partial charge in [-0.2, -0.15) is 5.26 Å². The molecule has 1 amide bonds. The molecule has 1 N–H and O–H groups in total. The van der Waals surface area contributed by atoms with Crippen molar-refractivity contribution in [2.24, 2.45) is 0 Å². The van der Waals surface area contributed by atoms with Crippen LogP contribution in [0.5, 0.6) is 0 Å². The van der Waals surface area contributed by atoms with Crippen molar-refractivity contribution in [2.45, 2.75) is 24.8 Å². The van der Waals surface area contributed by atoms with E-state index >= 15 is 0 Å². The van der Waals surface area contributed by atoms with Crippen LogP contribution >= 0.6 is 22.6 Å². The Morgan fingerprint density at radius 3 is 2.62 bits per heavy atom. The van der Waals surface area contributed by atoms with Gasteiger partial charge in [-0.15, -0.1) is 0 Å². The summed E-state index contributed by atoms with van der Waals surface area (Å²) in [7, 11) is 0. The molecule has 0 aliphatic heterocycles. The number of hydrogen-bond donors (Lipinski definition) is 1. The standard InChI is InChI=1S/C12H11IN2O/c13-10-5-2-1-4-9(10)11(16)15-12(8-14)6-3-7-12/h1-2,4-5H,3,6-7H2,(H,15,16). The van der Waals surface area contributed by atoms with Gasteiger partial charge >= 0.3 is 0 Å². The average molecular weight is 326 g/mol. The summed E-state index contributed by atoms with van der Waals surface area (Å²) in [5, 5.41) is 11.9. The third kappa shape index (κ3) is 2.05. The van der Waals surface area contributed by atoms with Crippen molar-refractivity contribution in [3.8, 4) is 6.07 Å². The monoisotopic (exact) mass is 326 g/mol. The summed E-state index contributed by atoms with van der Waals surface area (Å²) >= 11 is 2.13. The molecule has 1 aliphatic carbocycles. The summed E-state index contributed by atoms with van der Waals surface area (Å²) in [6, 6.07) is 9.58. The molecule has 16 heavy (non-hydrogen) atoms. The first kappa shape index (κ1) is 11.4. The molecule has 2 rings (SSSR count). The zero-order valence-corrected chi connectivity index (χ0v) is 10.8. The van der Waals surface area contributed by atoms with Gasteiger partial charge in [0.1, 0.15) is 5.54 Å². The van der Waals surface area contributed by atoms with Crippen molar-refractivity contribution in [1.82, 2.24) is 5.32 Å². The Labute approximate surface area is 108 Å². The molecule has 3 nitrogen and oxygen atoms in total. The molecule has 1 aliphatic rings. The van der Waals surface area contributed by atoms with Crippen molar-refractivity contribution in [1.29, 1.82) is 5.26 Å². The lowest BCUT2D eigenvalue weighted by atomic mass is 9.78. The minimum absolute atomic E-state index is 0.147. The van der Waals surface area contributed by atoms with E-state index in [9.17, 15) is 4.79 Å². The highest BCUT2D eigenvalue weighted by molar-refractivity contribution is 14.1. The van der Waals surface area contributed by atoms with E-state index in [0.717, 1.165) is 22.8 Å². The van der Waals surface area contributed by atoms with Gasteiger partial charge in [0.05, 0.1) is 11.6 Å². The number of hydrogen-bond acceptors (Lipinski definition) is 2. The highest BCUT2D eigenvalue weighted by atomic mass is 127. The van der Waals surface area contributed by atoms with E-state index in [1.807, 2.05) is 18.2 Å². The Morgan fingerprint density at radius 2 is 2.12 bits per heavy atom. The predicted molar refractivity (Wildman–Crippen MR) is 68.8 cm³/mol. The fourth-order valence-electron chi connectivity index (χ4n) is 1.73. The number of nitriles is 1. The summed E-state index contributed by atoms with van der Waals surface area (Å²) in [4.78, 5) is 12.0. The van der Waals surface area contributed by atoms with Crippen LogP contribution in [-0.4, -0.2) is 11.4 Å². The Balaban J connectivity index is 2.15. The summed E-state index contributed by atoms with van der Waals surface area (Å²) < 4.78 is 0.907. The van der Waals surface area contributed by atoms with Crippen molar-refractivity contribution in [2.75, 3.05) is 0 Å². The van der Waals surface area contributed by atoms with Gasteiger partial charge in [0.25, 0.3) is 5.91 Å². The second-order valence-electron chi connectivity index (χ2n) is 3.98. The van der Waals surface area contributed by atoms with Crippen LogP contribution in [0.3, 0.4) is 0 Å². The number of halogens is 1. The highest BCUT2D eigenvalue weighted by Gasteiger charge is 2.38. The van der Waals surface area contributed by atoms with Gasteiger partial charge in [0.15, 0.2) is 0 Å². The summed E-state index contributed by atoms with van der Waals surface area (Å²) in [5.41, 5.74) is 0.0281. The van der Waals surface area contributed by atoms with Crippen LogP contribution < -0.4 is 5.32 Å². The van der Waals surface area contributed by atoms with Crippen LogP contribution in [0.1, 0.15) is 29.6 Å². The SMILES string of the molecule is N#CC1(NC(=O)c2ccccc2I)CCC1. The second kappa shape index (κ2) is 4.42. The van der Waals surface area contributed by atoms with Gasteiger partial charge in [0.2, 0.25) is 0 Å². The zero-order chi connectivity index (χ0) is 11.6. The molecule has 1 fully saturated rings. The van der Waals surface area contributed by atoms with Gasteiger partial charge < -0.3 is 5.32 Å². The maximum absolute atomic E-state index is 12.0. The van der Waals surface area contributed by atoms with Crippen LogP contribution in [0.2, 0.25) is 0 Å². The number of benzene rings is 1. The molecule has 82 valence electrons. The van der Waals surface area contributed by atoms with E-state index in [0.29, 0.717) is 5.56 Å². The molecule has 0 saturated heterocycles. The molecule has 1 aromatic carbocycles.